The van der Waals surface area contributed by atoms with E-state index in [4.69, 9.17) is 11.5 Å². The summed E-state index contributed by atoms with van der Waals surface area (Å²) in [6.45, 7) is 0.607. The van der Waals surface area contributed by atoms with Crippen LogP contribution in [0.4, 0.5) is 15.8 Å². The second-order valence-corrected chi connectivity index (χ2v) is 4.47. The molecule has 2 aromatic rings. The molecule has 4 nitrogen and oxygen atoms in total. The minimum Gasteiger partial charge on any atom is -0.399 e. The molecule has 1 amide bonds. The van der Waals surface area contributed by atoms with Gasteiger partial charge in [0.2, 0.25) is 0 Å². The molecule has 0 saturated heterocycles. The van der Waals surface area contributed by atoms with Gasteiger partial charge in [0.05, 0.1) is 5.56 Å². The molecule has 0 aliphatic rings. The number of carbonyl (C=O) groups is 1. The fraction of sp³-hybridized carbons (Fsp3) is 0.133. The predicted molar refractivity (Wildman–Crippen MR) is 78.0 cm³/mol. The molecule has 0 aromatic heterocycles. The van der Waals surface area contributed by atoms with Gasteiger partial charge in [0, 0.05) is 17.9 Å². The molecule has 0 radical (unpaired) electrons. The molecule has 20 heavy (non-hydrogen) atoms. The number of nitrogens with two attached hydrogens (primary N) is 2. The average Bonchev–Trinajstić information content (AvgIpc) is 2.42. The molecule has 0 fully saturated rings. The first-order valence-corrected chi connectivity index (χ1v) is 6.24. The maximum Gasteiger partial charge on any atom is 0.250 e. The molecule has 5 N–H and O–H groups in total. The lowest BCUT2D eigenvalue weighted by atomic mass is 10.1. The second-order valence-electron chi connectivity index (χ2n) is 4.47. The van der Waals surface area contributed by atoms with Crippen LogP contribution in [0, 0.1) is 5.82 Å². The van der Waals surface area contributed by atoms with E-state index in [0.717, 1.165) is 23.7 Å². The number of hydrogen-bond donors (Lipinski definition) is 3. The number of nitrogen functional groups attached to an aromatic ring is 1. The van der Waals surface area contributed by atoms with Crippen molar-refractivity contribution in [3.8, 4) is 0 Å². The van der Waals surface area contributed by atoms with Gasteiger partial charge >= 0.3 is 0 Å². The third-order valence-electron chi connectivity index (χ3n) is 2.96. The van der Waals surface area contributed by atoms with Gasteiger partial charge in [-0.3, -0.25) is 4.79 Å². The normalized spacial score (nSPS) is 10.2. The van der Waals surface area contributed by atoms with Gasteiger partial charge in [0.15, 0.2) is 0 Å². The van der Waals surface area contributed by atoms with Crippen LogP contribution in [-0.4, -0.2) is 12.5 Å². The van der Waals surface area contributed by atoms with Gasteiger partial charge in [-0.25, -0.2) is 4.39 Å². The Hall–Kier alpha value is -2.56. The van der Waals surface area contributed by atoms with E-state index >= 15 is 0 Å². The zero-order valence-corrected chi connectivity index (χ0v) is 10.9. The summed E-state index contributed by atoms with van der Waals surface area (Å²) < 4.78 is 13.1. The first-order valence-electron chi connectivity index (χ1n) is 6.24. The number of halogens is 1. The van der Waals surface area contributed by atoms with Crippen LogP contribution in [0.25, 0.3) is 0 Å². The van der Waals surface area contributed by atoms with E-state index in [2.05, 4.69) is 5.32 Å². The van der Waals surface area contributed by atoms with Crippen LogP contribution in [0.5, 0.6) is 0 Å². The number of benzene rings is 2. The lowest BCUT2D eigenvalue weighted by molar-refractivity contribution is 0.100. The van der Waals surface area contributed by atoms with Crippen molar-refractivity contribution >= 4 is 17.3 Å². The highest BCUT2D eigenvalue weighted by Crippen LogP contribution is 2.16. The Morgan fingerprint density at radius 3 is 2.50 bits per heavy atom. The Labute approximate surface area is 116 Å². The van der Waals surface area contributed by atoms with Crippen LogP contribution in [0.2, 0.25) is 0 Å². The summed E-state index contributed by atoms with van der Waals surface area (Å²) in [5.74, 6) is -1.14. The van der Waals surface area contributed by atoms with Gasteiger partial charge in [-0.15, -0.1) is 0 Å². The van der Waals surface area contributed by atoms with E-state index in [1.54, 1.807) is 0 Å². The van der Waals surface area contributed by atoms with E-state index in [-0.39, 0.29) is 5.56 Å². The molecule has 0 aliphatic heterocycles. The summed E-state index contributed by atoms with van der Waals surface area (Å²) in [5, 5.41) is 3.09. The molecule has 2 rings (SSSR count). The molecule has 0 unspecified atom stereocenters. The molecule has 5 heteroatoms. The number of hydrogen-bond acceptors (Lipinski definition) is 3. The Kier molecular flexibility index (Phi) is 4.20. The van der Waals surface area contributed by atoms with Gasteiger partial charge in [-0.1, -0.05) is 12.1 Å². The van der Waals surface area contributed by atoms with Crippen LogP contribution in [-0.2, 0) is 6.42 Å². The summed E-state index contributed by atoms with van der Waals surface area (Å²) >= 11 is 0. The van der Waals surface area contributed by atoms with Crippen molar-refractivity contribution in [3.63, 3.8) is 0 Å². The van der Waals surface area contributed by atoms with Gasteiger partial charge in [-0.05, 0) is 42.3 Å². The van der Waals surface area contributed by atoms with Crippen LogP contribution in [0.3, 0.4) is 0 Å². The third kappa shape index (κ3) is 3.47. The summed E-state index contributed by atoms with van der Waals surface area (Å²) in [6, 6.07) is 11.5. The van der Waals surface area contributed by atoms with Crippen molar-refractivity contribution in [3.05, 3.63) is 59.4 Å². The van der Waals surface area contributed by atoms with Crippen LogP contribution in [0.15, 0.2) is 42.5 Å². The van der Waals surface area contributed by atoms with Crippen molar-refractivity contribution in [2.45, 2.75) is 6.42 Å². The molecule has 104 valence electrons. The highest BCUT2D eigenvalue weighted by atomic mass is 19.1. The topological polar surface area (TPSA) is 81.1 Å². The van der Waals surface area contributed by atoms with Crippen molar-refractivity contribution in [1.82, 2.24) is 0 Å². The molecule has 0 spiro atoms. The lowest BCUT2D eigenvalue weighted by Crippen LogP contribution is -2.16. The smallest absolute Gasteiger partial charge is 0.250 e. The fourth-order valence-corrected chi connectivity index (χ4v) is 1.90. The minimum absolute atomic E-state index is 0.155. The molecule has 0 heterocycles. The molecular formula is C15H16FN3O. The van der Waals surface area contributed by atoms with Crippen molar-refractivity contribution in [2.24, 2.45) is 5.73 Å². The van der Waals surface area contributed by atoms with Crippen molar-refractivity contribution in [2.75, 3.05) is 17.6 Å². The number of rotatable bonds is 5. The maximum atomic E-state index is 13.1. The number of primary amides is 1. The second kappa shape index (κ2) is 6.06. The van der Waals surface area contributed by atoms with Crippen LogP contribution >= 0.6 is 0 Å². The van der Waals surface area contributed by atoms with E-state index in [1.807, 2.05) is 24.3 Å². The Morgan fingerprint density at radius 1 is 1.15 bits per heavy atom. The van der Waals surface area contributed by atoms with E-state index in [9.17, 15) is 9.18 Å². The fourth-order valence-electron chi connectivity index (χ4n) is 1.90. The SMILES string of the molecule is NC(=O)c1cc(F)ccc1NCCc1ccc(N)cc1. The van der Waals surface area contributed by atoms with E-state index < -0.39 is 11.7 Å². The van der Waals surface area contributed by atoms with Crippen molar-refractivity contribution < 1.29 is 9.18 Å². The third-order valence-corrected chi connectivity index (χ3v) is 2.96. The largest absolute Gasteiger partial charge is 0.399 e. The molecule has 0 aliphatic carbocycles. The van der Waals surface area contributed by atoms with E-state index in [0.29, 0.717) is 12.2 Å². The monoisotopic (exact) mass is 273 g/mol. The average molecular weight is 273 g/mol. The molecule has 0 atom stereocenters. The summed E-state index contributed by atoms with van der Waals surface area (Å²) in [4.78, 5) is 11.2. The minimum atomic E-state index is -0.653. The highest BCUT2D eigenvalue weighted by Gasteiger charge is 2.08. The zero-order chi connectivity index (χ0) is 14.5. The number of amides is 1. The zero-order valence-electron chi connectivity index (χ0n) is 10.9. The van der Waals surface area contributed by atoms with Crippen LogP contribution in [0.1, 0.15) is 15.9 Å². The van der Waals surface area contributed by atoms with Gasteiger partial charge in [0.25, 0.3) is 5.91 Å². The highest BCUT2D eigenvalue weighted by molar-refractivity contribution is 5.98. The number of anilines is 2. The van der Waals surface area contributed by atoms with E-state index in [1.165, 1.54) is 12.1 Å². The first kappa shape index (κ1) is 13.9. The summed E-state index contributed by atoms with van der Waals surface area (Å²) in [6.07, 6.45) is 0.760. The maximum absolute atomic E-state index is 13.1. The van der Waals surface area contributed by atoms with Gasteiger partial charge in [0.1, 0.15) is 5.82 Å². The number of nitrogens with one attached hydrogen (secondary N) is 1. The molecule has 0 saturated carbocycles. The molecule has 2 aromatic carbocycles. The summed E-state index contributed by atoms with van der Waals surface area (Å²) in [5.41, 5.74) is 13.4. The first-order chi connectivity index (χ1) is 9.56. The number of carbonyl (C=O) groups excluding carboxylic acids is 1. The molecular weight excluding hydrogens is 257 g/mol. The van der Waals surface area contributed by atoms with Crippen LogP contribution < -0.4 is 16.8 Å². The Balaban J connectivity index is 2.00. The molecule has 0 bridgehead atoms. The lowest BCUT2D eigenvalue weighted by Gasteiger charge is -2.10. The summed E-state index contributed by atoms with van der Waals surface area (Å²) in [7, 11) is 0. The predicted octanol–water partition coefficient (Wildman–Crippen LogP) is 2.16. The van der Waals surface area contributed by atoms with Gasteiger partial charge < -0.3 is 16.8 Å². The van der Waals surface area contributed by atoms with Gasteiger partial charge in [-0.2, -0.15) is 0 Å². The van der Waals surface area contributed by atoms with Crippen molar-refractivity contribution in [1.29, 1.82) is 0 Å². The Morgan fingerprint density at radius 2 is 1.85 bits per heavy atom. The Bertz CT molecular complexity index is 611. The standard InChI is InChI=1S/C15H16FN3O/c16-11-3-6-14(13(9-11)15(18)20)19-8-7-10-1-4-12(17)5-2-10/h1-6,9,19H,7-8,17H2,(H2,18,20). The quantitative estimate of drug-likeness (QED) is 0.730.